The molecule has 0 radical (unpaired) electrons. The molecule has 5 nitrogen and oxygen atoms in total. The first kappa shape index (κ1) is 25.2. The molecule has 0 aromatic heterocycles. The van der Waals surface area contributed by atoms with Gasteiger partial charge in [-0.15, -0.1) is 24.0 Å². The van der Waals surface area contributed by atoms with Crippen molar-refractivity contribution in [3.8, 4) is 0 Å². The SMILES string of the molecule is CN=C(NCc1ccc(C(=O)N(C)C)cc1)NCC(C)(C)c1cccc(Cl)c1.I. The number of amides is 1. The highest BCUT2D eigenvalue weighted by atomic mass is 127. The molecule has 2 aromatic rings. The molecule has 2 N–H and O–H groups in total. The number of rotatable bonds is 6. The second kappa shape index (κ2) is 11.4. The largest absolute Gasteiger partial charge is 0.356 e. The molecule has 2 rings (SSSR count). The lowest BCUT2D eigenvalue weighted by atomic mass is 9.84. The molecule has 0 saturated carbocycles. The van der Waals surface area contributed by atoms with Crippen molar-refractivity contribution in [1.29, 1.82) is 0 Å². The van der Waals surface area contributed by atoms with Gasteiger partial charge in [0.2, 0.25) is 0 Å². The summed E-state index contributed by atoms with van der Waals surface area (Å²) in [6.07, 6.45) is 0. The van der Waals surface area contributed by atoms with E-state index in [0.717, 1.165) is 16.5 Å². The van der Waals surface area contributed by atoms with Crippen molar-refractivity contribution in [2.24, 2.45) is 4.99 Å². The van der Waals surface area contributed by atoms with Gasteiger partial charge >= 0.3 is 0 Å². The molecule has 0 aliphatic heterocycles. The minimum Gasteiger partial charge on any atom is -0.356 e. The van der Waals surface area contributed by atoms with E-state index in [1.165, 1.54) is 5.56 Å². The molecular formula is C22H30ClIN4O. The van der Waals surface area contributed by atoms with Gasteiger partial charge in [-0.1, -0.05) is 49.7 Å². The van der Waals surface area contributed by atoms with E-state index in [0.29, 0.717) is 18.7 Å². The summed E-state index contributed by atoms with van der Waals surface area (Å²) in [5, 5.41) is 7.43. The van der Waals surface area contributed by atoms with Crippen LogP contribution < -0.4 is 10.6 Å². The third-order valence-electron chi connectivity index (χ3n) is 4.59. The summed E-state index contributed by atoms with van der Waals surface area (Å²) >= 11 is 6.13. The Labute approximate surface area is 196 Å². The molecule has 0 spiro atoms. The molecule has 7 heteroatoms. The Kier molecular flexibility index (Phi) is 9.92. The minimum absolute atomic E-state index is 0. The molecule has 2 aromatic carbocycles. The fraction of sp³-hybridized carbons (Fsp3) is 0.364. The van der Waals surface area contributed by atoms with Crippen LogP contribution >= 0.6 is 35.6 Å². The van der Waals surface area contributed by atoms with E-state index in [1.807, 2.05) is 42.5 Å². The number of guanidine groups is 1. The smallest absolute Gasteiger partial charge is 0.253 e. The normalized spacial score (nSPS) is 11.4. The third kappa shape index (κ3) is 7.51. The van der Waals surface area contributed by atoms with E-state index in [2.05, 4.69) is 35.5 Å². The van der Waals surface area contributed by atoms with Crippen molar-refractivity contribution in [2.45, 2.75) is 25.8 Å². The molecular weight excluding hydrogens is 499 g/mol. The zero-order valence-electron chi connectivity index (χ0n) is 17.6. The van der Waals surface area contributed by atoms with Gasteiger partial charge in [-0.25, -0.2) is 0 Å². The van der Waals surface area contributed by atoms with Gasteiger partial charge in [0.25, 0.3) is 5.91 Å². The molecule has 0 saturated heterocycles. The first-order chi connectivity index (χ1) is 13.2. The number of hydrogen-bond donors (Lipinski definition) is 2. The van der Waals surface area contributed by atoms with Gasteiger partial charge in [0.05, 0.1) is 0 Å². The average molecular weight is 529 g/mol. The maximum Gasteiger partial charge on any atom is 0.253 e. The Morgan fingerprint density at radius 1 is 1.10 bits per heavy atom. The van der Waals surface area contributed by atoms with Crippen LogP contribution in [0.4, 0.5) is 0 Å². The van der Waals surface area contributed by atoms with E-state index >= 15 is 0 Å². The summed E-state index contributed by atoms with van der Waals surface area (Å²) in [5.74, 6) is 0.726. The number of benzene rings is 2. The Morgan fingerprint density at radius 3 is 2.31 bits per heavy atom. The zero-order valence-corrected chi connectivity index (χ0v) is 20.7. The molecule has 0 heterocycles. The summed E-state index contributed by atoms with van der Waals surface area (Å²) in [6.45, 7) is 5.66. The Balaban J connectivity index is 0.00000420. The van der Waals surface area contributed by atoms with Gasteiger partial charge < -0.3 is 15.5 Å². The van der Waals surface area contributed by atoms with Gasteiger partial charge in [-0.2, -0.15) is 0 Å². The molecule has 0 unspecified atom stereocenters. The van der Waals surface area contributed by atoms with Crippen LogP contribution in [-0.4, -0.2) is 44.5 Å². The van der Waals surface area contributed by atoms with Crippen molar-refractivity contribution in [3.63, 3.8) is 0 Å². The van der Waals surface area contributed by atoms with Crippen LogP contribution in [0.5, 0.6) is 0 Å². The lowest BCUT2D eigenvalue weighted by molar-refractivity contribution is 0.0827. The third-order valence-corrected chi connectivity index (χ3v) is 4.83. The highest BCUT2D eigenvalue weighted by molar-refractivity contribution is 14.0. The van der Waals surface area contributed by atoms with E-state index in [-0.39, 0.29) is 35.3 Å². The Bertz CT molecular complexity index is 835. The monoisotopic (exact) mass is 528 g/mol. The second-order valence-electron chi connectivity index (χ2n) is 7.57. The van der Waals surface area contributed by atoms with Gasteiger partial charge in [-0.3, -0.25) is 9.79 Å². The summed E-state index contributed by atoms with van der Waals surface area (Å²) in [4.78, 5) is 17.8. The molecule has 29 heavy (non-hydrogen) atoms. The second-order valence-corrected chi connectivity index (χ2v) is 8.01. The van der Waals surface area contributed by atoms with Crippen LogP contribution in [0.15, 0.2) is 53.5 Å². The fourth-order valence-corrected chi connectivity index (χ4v) is 2.94. The lowest BCUT2D eigenvalue weighted by Gasteiger charge is -2.27. The molecule has 0 fully saturated rings. The highest BCUT2D eigenvalue weighted by Crippen LogP contribution is 2.24. The van der Waals surface area contributed by atoms with Crippen molar-refractivity contribution >= 4 is 47.4 Å². The predicted molar refractivity (Wildman–Crippen MR) is 133 cm³/mol. The first-order valence-corrected chi connectivity index (χ1v) is 9.62. The number of carbonyl (C=O) groups excluding carboxylic acids is 1. The van der Waals surface area contributed by atoms with Crippen LogP contribution in [-0.2, 0) is 12.0 Å². The molecule has 0 bridgehead atoms. The topological polar surface area (TPSA) is 56.7 Å². The summed E-state index contributed by atoms with van der Waals surface area (Å²) in [5.41, 5.74) is 2.83. The molecule has 1 amide bonds. The Morgan fingerprint density at radius 2 is 1.76 bits per heavy atom. The van der Waals surface area contributed by atoms with Crippen LogP contribution in [0.25, 0.3) is 0 Å². The maximum absolute atomic E-state index is 12.0. The summed E-state index contributed by atoms with van der Waals surface area (Å²) in [6, 6.07) is 15.5. The number of halogens is 2. The van der Waals surface area contributed by atoms with Crippen molar-refractivity contribution in [2.75, 3.05) is 27.7 Å². The van der Waals surface area contributed by atoms with Crippen LogP contribution in [0.3, 0.4) is 0 Å². The van der Waals surface area contributed by atoms with Crippen molar-refractivity contribution in [1.82, 2.24) is 15.5 Å². The Hall–Kier alpha value is -1.80. The molecule has 0 aliphatic rings. The van der Waals surface area contributed by atoms with E-state index < -0.39 is 0 Å². The summed E-state index contributed by atoms with van der Waals surface area (Å²) in [7, 11) is 5.25. The van der Waals surface area contributed by atoms with E-state index in [9.17, 15) is 4.79 Å². The molecule has 158 valence electrons. The van der Waals surface area contributed by atoms with Crippen LogP contribution in [0, 0.1) is 0 Å². The van der Waals surface area contributed by atoms with Gasteiger partial charge in [0, 0.05) is 50.2 Å². The molecule has 0 aliphatic carbocycles. The van der Waals surface area contributed by atoms with E-state index in [1.54, 1.807) is 26.0 Å². The minimum atomic E-state index is -0.100. The number of nitrogens with zero attached hydrogens (tertiary/aromatic N) is 2. The van der Waals surface area contributed by atoms with Gasteiger partial charge in [0.15, 0.2) is 5.96 Å². The maximum atomic E-state index is 12.0. The summed E-state index contributed by atoms with van der Waals surface area (Å²) < 4.78 is 0. The first-order valence-electron chi connectivity index (χ1n) is 9.24. The number of carbonyl (C=O) groups is 1. The average Bonchev–Trinajstić information content (AvgIpc) is 2.68. The molecule has 0 atom stereocenters. The van der Waals surface area contributed by atoms with E-state index in [4.69, 9.17) is 11.6 Å². The van der Waals surface area contributed by atoms with Gasteiger partial charge in [-0.05, 0) is 35.4 Å². The van der Waals surface area contributed by atoms with Crippen molar-refractivity contribution < 1.29 is 4.79 Å². The quantitative estimate of drug-likeness (QED) is 0.334. The number of aliphatic imine (C=N–C) groups is 1. The number of hydrogen-bond acceptors (Lipinski definition) is 2. The lowest BCUT2D eigenvalue weighted by Crippen LogP contribution is -2.43. The van der Waals surface area contributed by atoms with Crippen molar-refractivity contribution in [3.05, 3.63) is 70.2 Å². The zero-order chi connectivity index (χ0) is 20.7. The predicted octanol–water partition coefficient (Wildman–Crippen LogP) is 4.30. The van der Waals surface area contributed by atoms with Crippen LogP contribution in [0.2, 0.25) is 5.02 Å². The fourth-order valence-electron chi connectivity index (χ4n) is 2.75. The number of nitrogens with one attached hydrogen (secondary N) is 2. The highest BCUT2D eigenvalue weighted by Gasteiger charge is 2.21. The van der Waals surface area contributed by atoms with Gasteiger partial charge in [0.1, 0.15) is 0 Å². The standard InChI is InChI=1S/C22H29ClN4O.HI/c1-22(2,18-7-6-8-19(23)13-18)15-26-21(24-3)25-14-16-9-11-17(12-10-16)20(28)27(4)5;/h6-13H,14-15H2,1-5H3,(H2,24,25,26);1H. The van der Waals surface area contributed by atoms with Crippen LogP contribution in [0.1, 0.15) is 35.3 Å².